The summed E-state index contributed by atoms with van der Waals surface area (Å²) in [5.41, 5.74) is 0.138. The quantitative estimate of drug-likeness (QED) is 0.496. The molecule has 0 unspecified atom stereocenters. The molecule has 1 N–H and O–H groups in total. The number of hydrogen-bond donors (Lipinski definition) is 1. The standard InChI is InChI=1S/C23H27BrN6O5/c1-33-13-17(35-19-12-27-28-22(31)21(19)24)14-34-18-6-9-30(23(18)32)16-4-7-29(8-5-16)20-3-2-15(10-25)11-26-20/h2-3,11-12,16-18H,4-9,13-14H2,1H3,(H,28,31)/t17-,18+/m0/s1. The Balaban J connectivity index is 1.28. The summed E-state index contributed by atoms with van der Waals surface area (Å²) in [7, 11) is 1.55. The number of nitriles is 1. The van der Waals surface area contributed by atoms with E-state index in [1.165, 1.54) is 6.20 Å². The minimum Gasteiger partial charge on any atom is -0.483 e. The molecule has 0 bridgehead atoms. The Morgan fingerprint density at radius 3 is 2.69 bits per heavy atom. The second kappa shape index (κ2) is 11.6. The molecular formula is C23H27BrN6O5. The molecule has 2 atom stereocenters. The molecule has 0 spiro atoms. The number of rotatable bonds is 9. The fourth-order valence-electron chi connectivity index (χ4n) is 4.39. The van der Waals surface area contributed by atoms with E-state index in [-0.39, 0.29) is 35.4 Å². The van der Waals surface area contributed by atoms with Gasteiger partial charge in [0, 0.05) is 45.4 Å². The van der Waals surface area contributed by atoms with Crippen LogP contribution in [-0.2, 0) is 14.3 Å². The highest BCUT2D eigenvalue weighted by Crippen LogP contribution is 2.26. The van der Waals surface area contributed by atoms with Gasteiger partial charge in [0.25, 0.3) is 11.5 Å². The van der Waals surface area contributed by atoms with Crippen LogP contribution in [0.15, 0.2) is 33.8 Å². The molecule has 2 fully saturated rings. The number of halogens is 1. The maximum Gasteiger partial charge on any atom is 0.282 e. The molecule has 0 radical (unpaired) electrons. The molecule has 0 saturated carbocycles. The number of likely N-dealkylation sites (tertiary alicyclic amines) is 1. The lowest BCUT2D eigenvalue weighted by Gasteiger charge is -2.37. The van der Waals surface area contributed by atoms with E-state index in [9.17, 15) is 9.59 Å². The van der Waals surface area contributed by atoms with Crippen molar-refractivity contribution in [1.29, 1.82) is 5.26 Å². The predicted octanol–water partition coefficient (Wildman–Crippen LogP) is 1.48. The number of anilines is 1. The Hall–Kier alpha value is -3.01. The van der Waals surface area contributed by atoms with Crippen LogP contribution in [0.5, 0.6) is 5.75 Å². The van der Waals surface area contributed by atoms with Gasteiger partial charge < -0.3 is 24.0 Å². The first kappa shape index (κ1) is 25.1. The van der Waals surface area contributed by atoms with Gasteiger partial charge in [-0.15, -0.1) is 0 Å². The van der Waals surface area contributed by atoms with Gasteiger partial charge in [-0.2, -0.15) is 10.4 Å². The minimum atomic E-state index is -0.531. The average molecular weight is 547 g/mol. The van der Waals surface area contributed by atoms with Crippen molar-refractivity contribution >= 4 is 27.7 Å². The van der Waals surface area contributed by atoms with Gasteiger partial charge in [-0.05, 0) is 40.9 Å². The number of pyridine rings is 1. The Kier molecular flexibility index (Phi) is 8.33. The van der Waals surface area contributed by atoms with Gasteiger partial charge in [-0.25, -0.2) is 10.1 Å². The third-order valence-electron chi connectivity index (χ3n) is 6.19. The van der Waals surface area contributed by atoms with E-state index in [4.69, 9.17) is 19.5 Å². The first-order valence-electron chi connectivity index (χ1n) is 11.4. The first-order chi connectivity index (χ1) is 17.0. The zero-order valence-electron chi connectivity index (χ0n) is 19.4. The number of nitrogens with zero attached hydrogens (tertiary/aromatic N) is 5. The summed E-state index contributed by atoms with van der Waals surface area (Å²) in [4.78, 5) is 33.3. The van der Waals surface area contributed by atoms with Gasteiger partial charge in [0.05, 0.1) is 25.0 Å². The fraction of sp³-hybridized carbons (Fsp3) is 0.522. The summed E-state index contributed by atoms with van der Waals surface area (Å²) in [6.07, 6.45) is 4.25. The Morgan fingerprint density at radius 1 is 1.20 bits per heavy atom. The van der Waals surface area contributed by atoms with Crippen LogP contribution in [0.4, 0.5) is 5.82 Å². The molecule has 2 aromatic rings. The number of aromatic amines is 1. The lowest BCUT2D eigenvalue weighted by molar-refractivity contribution is -0.141. The minimum absolute atomic E-state index is 0.00452. The van der Waals surface area contributed by atoms with Gasteiger partial charge in [0.15, 0.2) is 5.75 Å². The van der Waals surface area contributed by atoms with Crippen molar-refractivity contribution in [2.75, 3.05) is 44.9 Å². The van der Waals surface area contributed by atoms with Crippen molar-refractivity contribution in [3.8, 4) is 11.8 Å². The largest absolute Gasteiger partial charge is 0.483 e. The Bertz CT molecular complexity index is 1110. The van der Waals surface area contributed by atoms with Gasteiger partial charge in [0.1, 0.15) is 28.6 Å². The molecule has 186 valence electrons. The topological polar surface area (TPSA) is 134 Å². The van der Waals surface area contributed by atoms with Crippen LogP contribution >= 0.6 is 15.9 Å². The van der Waals surface area contributed by atoms with Crippen LogP contribution in [0.2, 0.25) is 0 Å². The number of aromatic nitrogens is 3. The van der Waals surface area contributed by atoms with Crippen molar-refractivity contribution in [1.82, 2.24) is 20.1 Å². The normalized spacial score (nSPS) is 19.6. The van der Waals surface area contributed by atoms with Gasteiger partial charge in [-0.1, -0.05) is 0 Å². The van der Waals surface area contributed by atoms with Crippen LogP contribution < -0.4 is 15.2 Å². The number of H-pyrrole nitrogens is 1. The smallest absolute Gasteiger partial charge is 0.282 e. The maximum atomic E-state index is 13.1. The molecule has 11 nitrogen and oxygen atoms in total. The molecule has 0 aromatic carbocycles. The number of ether oxygens (including phenoxy) is 3. The Morgan fingerprint density at radius 2 is 2.00 bits per heavy atom. The predicted molar refractivity (Wildman–Crippen MR) is 129 cm³/mol. The third kappa shape index (κ3) is 5.98. The highest BCUT2D eigenvalue weighted by molar-refractivity contribution is 9.10. The number of piperidine rings is 1. The molecule has 12 heteroatoms. The van der Waals surface area contributed by atoms with E-state index in [0.29, 0.717) is 18.5 Å². The second-order valence-electron chi connectivity index (χ2n) is 8.45. The lowest BCUT2D eigenvalue weighted by Crippen LogP contribution is -2.47. The summed E-state index contributed by atoms with van der Waals surface area (Å²) in [5.74, 6) is 1.13. The number of hydrogen-bond acceptors (Lipinski definition) is 9. The molecule has 2 saturated heterocycles. The van der Waals surface area contributed by atoms with Crippen LogP contribution in [0.25, 0.3) is 0 Å². The number of methoxy groups -OCH3 is 1. The number of amides is 1. The van der Waals surface area contributed by atoms with E-state index in [1.54, 1.807) is 19.4 Å². The van der Waals surface area contributed by atoms with Crippen LogP contribution in [0.3, 0.4) is 0 Å². The summed E-state index contributed by atoms with van der Waals surface area (Å²) in [6, 6.07) is 5.88. The number of carbonyl (C=O) groups excluding carboxylic acids is 1. The highest BCUT2D eigenvalue weighted by Gasteiger charge is 2.38. The zero-order valence-corrected chi connectivity index (χ0v) is 20.9. The summed E-state index contributed by atoms with van der Waals surface area (Å²) >= 11 is 3.19. The fourth-order valence-corrected chi connectivity index (χ4v) is 4.68. The van der Waals surface area contributed by atoms with Crippen LogP contribution in [0, 0.1) is 11.3 Å². The molecule has 2 aliphatic rings. The number of carbonyl (C=O) groups is 1. The summed E-state index contributed by atoms with van der Waals surface area (Å²) in [6.45, 7) is 2.61. The third-order valence-corrected chi connectivity index (χ3v) is 6.94. The second-order valence-corrected chi connectivity index (χ2v) is 9.24. The summed E-state index contributed by atoms with van der Waals surface area (Å²) < 4.78 is 17.2. The molecule has 1 amide bonds. The van der Waals surface area contributed by atoms with Crippen molar-refractivity contribution < 1.29 is 19.0 Å². The molecule has 2 aromatic heterocycles. The van der Waals surface area contributed by atoms with Crippen LogP contribution in [0.1, 0.15) is 24.8 Å². The molecule has 0 aliphatic carbocycles. The van der Waals surface area contributed by atoms with Crippen molar-refractivity contribution in [2.24, 2.45) is 0 Å². The van der Waals surface area contributed by atoms with Gasteiger partial charge in [0.2, 0.25) is 0 Å². The van der Waals surface area contributed by atoms with E-state index in [1.807, 2.05) is 11.0 Å². The Labute approximate surface area is 211 Å². The molecule has 4 rings (SSSR count). The maximum absolute atomic E-state index is 13.1. The van der Waals surface area contributed by atoms with Gasteiger partial charge >= 0.3 is 0 Å². The van der Waals surface area contributed by atoms with Crippen LogP contribution in [-0.4, -0.2) is 84.2 Å². The molecular weight excluding hydrogens is 520 g/mol. The van der Waals surface area contributed by atoms with E-state index < -0.39 is 17.8 Å². The van der Waals surface area contributed by atoms with E-state index in [2.05, 4.69) is 42.1 Å². The zero-order chi connectivity index (χ0) is 24.8. The molecule has 4 heterocycles. The van der Waals surface area contributed by atoms with Crippen molar-refractivity contribution in [3.63, 3.8) is 0 Å². The summed E-state index contributed by atoms with van der Waals surface area (Å²) in [5, 5.41) is 15.0. The van der Waals surface area contributed by atoms with Crippen molar-refractivity contribution in [2.45, 2.75) is 37.5 Å². The van der Waals surface area contributed by atoms with E-state index in [0.717, 1.165) is 31.7 Å². The molecule has 2 aliphatic heterocycles. The monoisotopic (exact) mass is 546 g/mol. The van der Waals surface area contributed by atoms with Gasteiger partial charge in [-0.3, -0.25) is 9.59 Å². The highest BCUT2D eigenvalue weighted by atomic mass is 79.9. The van der Waals surface area contributed by atoms with Crippen molar-refractivity contribution in [3.05, 3.63) is 44.9 Å². The SMILES string of the molecule is COC[C@@H](CO[C@@H]1CCN(C2CCN(c3ccc(C#N)cn3)CC2)C1=O)Oc1cn[nH]c(=O)c1Br. The van der Waals surface area contributed by atoms with E-state index >= 15 is 0 Å². The average Bonchev–Trinajstić information content (AvgIpc) is 3.25. The number of nitrogens with one attached hydrogen (secondary N) is 1. The molecule has 35 heavy (non-hydrogen) atoms. The lowest BCUT2D eigenvalue weighted by atomic mass is 10.0. The first-order valence-corrected chi connectivity index (χ1v) is 12.2.